The van der Waals surface area contributed by atoms with Gasteiger partial charge in [0.05, 0.1) is 12.7 Å². The van der Waals surface area contributed by atoms with Crippen molar-refractivity contribution in [2.24, 2.45) is 7.05 Å². The molecular weight excluding hydrogens is 258 g/mol. The average molecular weight is 275 g/mol. The van der Waals surface area contributed by atoms with Crippen LogP contribution in [0, 0.1) is 0 Å². The van der Waals surface area contributed by atoms with E-state index in [1.54, 1.807) is 20.9 Å². The zero-order chi connectivity index (χ0) is 13.9. The van der Waals surface area contributed by atoms with E-state index < -0.39 is 22.0 Å². The molecule has 0 bridgehead atoms. The molecule has 0 aromatic carbocycles. The lowest BCUT2D eigenvalue weighted by atomic mass is 10.2. The van der Waals surface area contributed by atoms with Crippen molar-refractivity contribution in [3.63, 3.8) is 0 Å². The molecular formula is C10H17N3O4S. The van der Waals surface area contributed by atoms with Crippen LogP contribution in [-0.2, 0) is 21.9 Å². The van der Waals surface area contributed by atoms with Crippen molar-refractivity contribution in [1.82, 2.24) is 13.9 Å². The molecule has 0 aliphatic heterocycles. The Bertz CT molecular complexity index is 523. The third-order valence-electron chi connectivity index (χ3n) is 2.53. The van der Waals surface area contributed by atoms with Crippen LogP contribution >= 0.6 is 0 Å². The Morgan fingerprint density at radius 3 is 2.61 bits per heavy atom. The van der Waals surface area contributed by atoms with Crippen LogP contribution in [0.25, 0.3) is 0 Å². The van der Waals surface area contributed by atoms with Crippen molar-refractivity contribution in [3.8, 4) is 0 Å². The van der Waals surface area contributed by atoms with Gasteiger partial charge in [-0.05, 0) is 6.92 Å². The molecule has 1 aromatic heterocycles. The van der Waals surface area contributed by atoms with Crippen molar-refractivity contribution >= 4 is 16.0 Å². The van der Waals surface area contributed by atoms with Crippen LogP contribution in [0.4, 0.5) is 0 Å². The van der Waals surface area contributed by atoms with E-state index in [4.69, 9.17) is 5.11 Å². The SMILES string of the molecule is CCN(C(C)CC(=O)O)S(=O)(=O)c1cn(C)cn1. The van der Waals surface area contributed by atoms with Crippen molar-refractivity contribution in [2.45, 2.75) is 31.3 Å². The van der Waals surface area contributed by atoms with E-state index in [0.29, 0.717) is 0 Å². The number of nitrogens with zero attached hydrogens (tertiary/aromatic N) is 3. The number of carboxylic acid groups (broad SMARTS) is 1. The maximum Gasteiger partial charge on any atom is 0.304 e. The molecule has 1 N–H and O–H groups in total. The number of imidazole rings is 1. The normalized spacial score (nSPS) is 13.8. The zero-order valence-corrected chi connectivity index (χ0v) is 11.4. The van der Waals surface area contributed by atoms with E-state index in [2.05, 4.69) is 4.98 Å². The Kier molecular flexibility index (Phi) is 4.47. The summed E-state index contributed by atoms with van der Waals surface area (Å²) < 4.78 is 27.2. The number of rotatable bonds is 6. The minimum atomic E-state index is -3.74. The molecule has 1 heterocycles. The highest BCUT2D eigenvalue weighted by Crippen LogP contribution is 2.17. The highest BCUT2D eigenvalue weighted by Gasteiger charge is 2.30. The lowest BCUT2D eigenvalue weighted by molar-refractivity contribution is -0.137. The van der Waals surface area contributed by atoms with E-state index in [-0.39, 0.29) is 18.0 Å². The summed E-state index contributed by atoms with van der Waals surface area (Å²) in [6.45, 7) is 3.43. The average Bonchev–Trinajstić information content (AvgIpc) is 2.64. The molecule has 8 heteroatoms. The number of sulfonamides is 1. The summed E-state index contributed by atoms with van der Waals surface area (Å²) >= 11 is 0. The van der Waals surface area contributed by atoms with Gasteiger partial charge < -0.3 is 9.67 Å². The second-order valence-electron chi connectivity index (χ2n) is 4.03. The Balaban J connectivity index is 3.04. The van der Waals surface area contributed by atoms with Gasteiger partial charge in [-0.1, -0.05) is 6.92 Å². The largest absolute Gasteiger partial charge is 0.481 e. The summed E-state index contributed by atoms with van der Waals surface area (Å²) in [7, 11) is -2.07. The number of aromatic nitrogens is 2. The monoisotopic (exact) mass is 275 g/mol. The van der Waals surface area contributed by atoms with Crippen molar-refractivity contribution < 1.29 is 18.3 Å². The summed E-state index contributed by atoms with van der Waals surface area (Å²) in [6.07, 6.45) is 2.55. The fourth-order valence-corrected chi connectivity index (χ4v) is 3.32. The molecule has 0 spiro atoms. The molecule has 102 valence electrons. The van der Waals surface area contributed by atoms with Crippen LogP contribution in [0.5, 0.6) is 0 Å². The molecule has 0 aliphatic carbocycles. The number of carboxylic acids is 1. The fraction of sp³-hybridized carbons (Fsp3) is 0.600. The highest BCUT2D eigenvalue weighted by atomic mass is 32.2. The highest BCUT2D eigenvalue weighted by molar-refractivity contribution is 7.89. The first-order valence-corrected chi connectivity index (χ1v) is 6.94. The van der Waals surface area contributed by atoms with Gasteiger partial charge in [-0.3, -0.25) is 4.79 Å². The number of carbonyl (C=O) groups is 1. The summed E-state index contributed by atoms with van der Waals surface area (Å²) in [6, 6.07) is -0.612. The number of hydrogen-bond acceptors (Lipinski definition) is 4. The molecule has 0 fully saturated rings. The molecule has 0 amide bonds. The Hall–Kier alpha value is -1.41. The standard InChI is InChI=1S/C10H17N3O4S/c1-4-13(8(2)5-10(14)15)18(16,17)9-6-12(3)7-11-9/h6-8H,4-5H2,1-3H3,(H,14,15). The van der Waals surface area contributed by atoms with Gasteiger partial charge in [0, 0.05) is 25.8 Å². The maximum absolute atomic E-state index is 12.3. The second-order valence-corrected chi connectivity index (χ2v) is 5.87. The summed E-state index contributed by atoms with van der Waals surface area (Å²) in [5, 5.41) is 8.66. The van der Waals surface area contributed by atoms with Gasteiger partial charge in [0.25, 0.3) is 10.0 Å². The van der Waals surface area contributed by atoms with Gasteiger partial charge in [0.2, 0.25) is 0 Å². The molecule has 1 atom stereocenters. The first kappa shape index (κ1) is 14.7. The molecule has 0 saturated heterocycles. The predicted octanol–water partition coefficient (Wildman–Crippen LogP) is 0.294. The van der Waals surface area contributed by atoms with Gasteiger partial charge >= 0.3 is 5.97 Å². The van der Waals surface area contributed by atoms with E-state index in [9.17, 15) is 13.2 Å². The Labute approximate surface area is 106 Å². The van der Waals surface area contributed by atoms with Crippen LogP contribution < -0.4 is 0 Å². The van der Waals surface area contributed by atoms with Crippen molar-refractivity contribution in [2.75, 3.05) is 6.54 Å². The van der Waals surface area contributed by atoms with Gasteiger partial charge in [-0.15, -0.1) is 0 Å². The van der Waals surface area contributed by atoms with Crippen LogP contribution in [-0.4, -0.2) is 45.9 Å². The van der Waals surface area contributed by atoms with Gasteiger partial charge in [0.15, 0.2) is 5.03 Å². The summed E-state index contributed by atoms with van der Waals surface area (Å²) in [4.78, 5) is 14.5. The summed E-state index contributed by atoms with van der Waals surface area (Å²) in [5.41, 5.74) is 0. The molecule has 1 unspecified atom stereocenters. The molecule has 7 nitrogen and oxygen atoms in total. The van der Waals surface area contributed by atoms with Gasteiger partial charge in [0.1, 0.15) is 0 Å². The van der Waals surface area contributed by atoms with Crippen LogP contribution in [0.3, 0.4) is 0 Å². The molecule has 0 radical (unpaired) electrons. The van der Waals surface area contributed by atoms with E-state index in [1.807, 2.05) is 0 Å². The number of hydrogen-bond donors (Lipinski definition) is 1. The van der Waals surface area contributed by atoms with E-state index in [1.165, 1.54) is 17.1 Å². The lowest BCUT2D eigenvalue weighted by Crippen LogP contribution is -2.39. The zero-order valence-electron chi connectivity index (χ0n) is 10.6. The fourth-order valence-electron chi connectivity index (χ4n) is 1.72. The molecule has 1 rings (SSSR count). The van der Waals surface area contributed by atoms with Crippen LogP contribution in [0.15, 0.2) is 17.6 Å². The topological polar surface area (TPSA) is 92.5 Å². The lowest BCUT2D eigenvalue weighted by Gasteiger charge is -2.24. The third kappa shape index (κ3) is 3.08. The van der Waals surface area contributed by atoms with Crippen LogP contribution in [0.1, 0.15) is 20.3 Å². The number of aliphatic carboxylic acids is 1. The third-order valence-corrected chi connectivity index (χ3v) is 4.50. The molecule has 0 saturated carbocycles. The Morgan fingerprint density at radius 2 is 2.22 bits per heavy atom. The first-order valence-electron chi connectivity index (χ1n) is 5.50. The van der Waals surface area contributed by atoms with Crippen LogP contribution in [0.2, 0.25) is 0 Å². The minimum Gasteiger partial charge on any atom is -0.481 e. The van der Waals surface area contributed by atoms with Gasteiger partial charge in [-0.2, -0.15) is 4.31 Å². The summed E-state index contributed by atoms with van der Waals surface area (Å²) in [5.74, 6) is -1.03. The number of aryl methyl sites for hydroxylation is 1. The quantitative estimate of drug-likeness (QED) is 0.805. The smallest absolute Gasteiger partial charge is 0.304 e. The molecule has 18 heavy (non-hydrogen) atoms. The predicted molar refractivity (Wildman–Crippen MR) is 64.5 cm³/mol. The Morgan fingerprint density at radius 1 is 1.61 bits per heavy atom. The second kappa shape index (κ2) is 5.49. The maximum atomic E-state index is 12.3. The molecule has 1 aromatic rings. The van der Waals surface area contributed by atoms with E-state index >= 15 is 0 Å². The molecule has 0 aliphatic rings. The van der Waals surface area contributed by atoms with Gasteiger partial charge in [-0.25, -0.2) is 13.4 Å². The first-order chi connectivity index (χ1) is 8.28. The van der Waals surface area contributed by atoms with E-state index in [0.717, 1.165) is 4.31 Å². The minimum absolute atomic E-state index is 0.0657. The van der Waals surface area contributed by atoms with Crippen molar-refractivity contribution in [1.29, 1.82) is 0 Å². The van der Waals surface area contributed by atoms with Crippen molar-refractivity contribution in [3.05, 3.63) is 12.5 Å².